The fourth-order valence-corrected chi connectivity index (χ4v) is 8.48. The van der Waals surface area contributed by atoms with E-state index in [0.717, 1.165) is 83.5 Å². The third kappa shape index (κ3) is 55.9. The molecule has 6 nitrogen and oxygen atoms in total. The second-order valence-electron chi connectivity index (χ2n) is 19.9. The van der Waals surface area contributed by atoms with Gasteiger partial charge in [0, 0.05) is 19.3 Å². The van der Waals surface area contributed by atoms with E-state index in [1.807, 2.05) is 0 Å². The maximum absolute atomic E-state index is 12.9. The second-order valence-corrected chi connectivity index (χ2v) is 19.9. The summed E-state index contributed by atoms with van der Waals surface area (Å²) in [5.74, 6) is -0.906. The lowest BCUT2D eigenvalue weighted by molar-refractivity contribution is -0.167. The molecule has 0 radical (unpaired) electrons. The van der Waals surface area contributed by atoms with Crippen LogP contribution in [0.2, 0.25) is 0 Å². The van der Waals surface area contributed by atoms with Crippen molar-refractivity contribution in [3.05, 3.63) is 60.8 Å². The molecule has 0 unspecified atom stereocenters. The molecule has 0 rings (SSSR count). The first kappa shape index (κ1) is 66.1. The van der Waals surface area contributed by atoms with E-state index in [1.54, 1.807) is 0 Å². The predicted octanol–water partition coefficient (Wildman–Crippen LogP) is 20.0. The Morgan fingerprint density at radius 2 is 0.522 bits per heavy atom. The summed E-state index contributed by atoms with van der Waals surface area (Å²) in [6.45, 7) is 6.61. The van der Waals surface area contributed by atoms with Gasteiger partial charge in [0.15, 0.2) is 6.10 Å². The van der Waals surface area contributed by atoms with Gasteiger partial charge >= 0.3 is 17.9 Å². The lowest BCUT2D eigenvalue weighted by atomic mass is 10.0. The lowest BCUT2D eigenvalue weighted by Gasteiger charge is -2.18. The molecule has 0 fully saturated rings. The Morgan fingerprint density at radius 1 is 0.290 bits per heavy atom. The standard InChI is InChI=1S/C63H112O6/c1-4-7-10-13-16-19-22-25-28-30-31-33-35-38-41-44-47-50-53-56-62(65)68-59-60(58-67-61(64)55-52-49-46-43-40-37-34-27-24-21-18-15-12-9-6-3)69-63(66)57-54-51-48-45-42-39-36-32-29-26-23-20-17-14-11-8-5-2/h16,19,25-26,28-29,31,33,38,41,60H,4-15,17-18,20-24,27,30,32,34-37,39-40,42-59H2,1-3H3/b19-16-,28-25-,29-26-,33-31-,41-38-/t60-/m0/s1. The summed E-state index contributed by atoms with van der Waals surface area (Å²) >= 11 is 0. The molecule has 0 saturated heterocycles. The van der Waals surface area contributed by atoms with E-state index >= 15 is 0 Å². The number of hydrogen-bond acceptors (Lipinski definition) is 6. The molecule has 0 aliphatic carbocycles. The van der Waals surface area contributed by atoms with E-state index in [4.69, 9.17) is 14.2 Å². The van der Waals surface area contributed by atoms with Crippen molar-refractivity contribution in [2.75, 3.05) is 13.2 Å². The highest BCUT2D eigenvalue weighted by molar-refractivity contribution is 5.71. The van der Waals surface area contributed by atoms with E-state index < -0.39 is 6.10 Å². The molecule has 0 aromatic heterocycles. The lowest BCUT2D eigenvalue weighted by Crippen LogP contribution is -2.30. The van der Waals surface area contributed by atoms with Crippen molar-refractivity contribution in [1.29, 1.82) is 0 Å². The van der Waals surface area contributed by atoms with E-state index in [9.17, 15) is 14.4 Å². The monoisotopic (exact) mass is 965 g/mol. The number of rotatable bonds is 54. The summed E-state index contributed by atoms with van der Waals surface area (Å²) in [6.07, 6.45) is 72.1. The zero-order chi connectivity index (χ0) is 50.0. The van der Waals surface area contributed by atoms with Crippen molar-refractivity contribution in [2.45, 2.75) is 309 Å². The Labute approximate surface area is 428 Å². The normalized spacial score (nSPS) is 12.4. The molecule has 6 heteroatoms. The molecule has 0 spiro atoms. The average molecular weight is 966 g/mol. The van der Waals surface area contributed by atoms with Gasteiger partial charge in [0.25, 0.3) is 0 Å². The van der Waals surface area contributed by atoms with Crippen LogP contribution in [-0.2, 0) is 28.6 Å². The van der Waals surface area contributed by atoms with Gasteiger partial charge in [-0.1, -0.05) is 255 Å². The second kappa shape index (κ2) is 57.7. The van der Waals surface area contributed by atoms with Crippen LogP contribution in [0, 0.1) is 0 Å². The quantitative estimate of drug-likeness (QED) is 0.0262. The van der Waals surface area contributed by atoms with Gasteiger partial charge in [0.2, 0.25) is 0 Å². The van der Waals surface area contributed by atoms with Gasteiger partial charge in [-0.2, -0.15) is 0 Å². The van der Waals surface area contributed by atoms with E-state index in [0.29, 0.717) is 19.3 Å². The predicted molar refractivity (Wildman–Crippen MR) is 298 cm³/mol. The first-order valence-electron chi connectivity index (χ1n) is 29.8. The van der Waals surface area contributed by atoms with E-state index in [2.05, 4.69) is 81.5 Å². The number of esters is 3. The maximum Gasteiger partial charge on any atom is 0.306 e. The van der Waals surface area contributed by atoms with Crippen LogP contribution in [0.4, 0.5) is 0 Å². The number of unbranched alkanes of at least 4 members (excludes halogenated alkanes) is 33. The highest BCUT2D eigenvalue weighted by atomic mass is 16.6. The van der Waals surface area contributed by atoms with Crippen LogP contribution >= 0.6 is 0 Å². The summed E-state index contributed by atoms with van der Waals surface area (Å²) in [6, 6.07) is 0. The van der Waals surface area contributed by atoms with Crippen molar-refractivity contribution < 1.29 is 28.6 Å². The first-order chi connectivity index (χ1) is 34.0. The molecule has 0 heterocycles. The first-order valence-corrected chi connectivity index (χ1v) is 29.8. The SMILES string of the molecule is CCCCC/C=C\C/C=C\C/C=C\C/C=C\CCCCCC(=O)OC[C@H](COC(=O)CCCCCCCCCCCCCCCCC)OC(=O)CCCCCCCCC/C=C\CCCCCCCC. The maximum atomic E-state index is 12.9. The van der Waals surface area contributed by atoms with Crippen LogP contribution < -0.4 is 0 Å². The molecule has 0 amide bonds. The van der Waals surface area contributed by atoms with Gasteiger partial charge in [0.05, 0.1) is 0 Å². The summed E-state index contributed by atoms with van der Waals surface area (Å²) in [5.41, 5.74) is 0. The highest BCUT2D eigenvalue weighted by Gasteiger charge is 2.19. The van der Waals surface area contributed by atoms with Crippen molar-refractivity contribution in [2.24, 2.45) is 0 Å². The number of carbonyl (C=O) groups excluding carboxylic acids is 3. The molecule has 0 bridgehead atoms. The van der Waals surface area contributed by atoms with Crippen LogP contribution in [0.3, 0.4) is 0 Å². The molecule has 0 aliphatic rings. The summed E-state index contributed by atoms with van der Waals surface area (Å²) in [5, 5.41) is 0. The molecular formula is C63H112O6. The Morgan fingerprint density at radius 3 is 0.870 bits per heavy atom. The van der Waals surface area contributed by atoms with Gasteiger partial charge in [-0.3, -0.25) is 14.4 Å². The molecule has 0 aromatic rings. The minimum Gasteiger partial charge on any atom is -0.462 e. The molecule has 0 N–H and O–H groups in total. The number of ether oxygens (including phenoxy) is 3. The molecule has 0 saturated carbocycles. The minimum absolute atomic E-state index is 0.0834. The minimum atomic E-state index is -0.788. The largest absolute Gasteiger partial charge is 0.462 e. The van der Waals surface area contributed by atoms with E-state index in [1.165, 1.54) is 180 Å². The third-order valence-electron chi connectivity index (χ3n) is 13.0. The number of carbonyl (C=O) groups is 3. The van der Waals surface area contributed by atoms with Crippen LogP contribution in [0.15, 0.2) is 60.8 Å². The van der Waals surface area contributed by atoms with E-state index in [-0.39, 0.29) is 31.1 Å². The molecule has 69 heavy (non-hydrogen) atoms. The summed E-state index contributed by atoms with van der Waals surface area (Å²) < 4.78 is 16.9. The summed E-state index contributed by atoms with van der Waals surface area (Å²) in [4.78, 5) is 38.2. The average Bonchev–Trinajstić information content (AvgIpc) is 3.35. The highest BCUT2D eigenvalue weighted by Crippen LogP contribution is 2.16. The van der Waals surface area contributed by atoms with Gasteiger partial charge in [-0.15, -0.1) is 0 Å². The van der Waals surface area contributed by atoms with Crippen LogP contribution in [0.1, 0.15) is 303 Å². The molecule has 400 valence electrons. The topological polar surface area (TPSA) is 78.9 Å². The van der Waals surface area contributed by atoms with Gasteiger partial charge in [-0.25, -0.2) is 0 Å². The van der Waals surface area contributed by atoms with Gasteiger partial charge in [0.1, 0.15) is 13.2 Å². The Balaban J connectivity index is 4.42. The summed E-state index contributed by atoms with van der Waals surface area (Å²) in [7, 11) is 0. The Kier molecular flexibility index (Phi) is 55.3. The number of hydrogen-bond donors (Lipinski definition) is 0. The van der Waals surface area contributed by atoms with Crippen molar-refractivity contribution >= 4 is 17.9 Å². The Hall–Kier alpha value is -2.89. The van der Waals surface area contributed by atoms with Crippen molar-refractivity contribution in [3.8, 4) is 0 Å². The van der Waals surface area contributed by atoms with Crippen molar-refractivity contribution in [1.82, 2.24) is 0 Å². The number of allylic oxidation sites excluding steroid dienone is 10. The third-order valence-corrected chi connectivity index (χ3v) is 13.0. The fraction of sp³-hybridized carbons (Fsp3) is 0.794. The van der Waals surface area contributed by atoms with Crippen LogP contribution in [0.25, 0.3) is 0 Å². The molecular weight excluding hydrogens is 853 g/mol. The van der Waals surface area contributed by atoms with Gasteiger partial charge < -0.3 is 14.2 Å². The van der Waals surface area contributed by atoms with Crippen LogP contribution in [0.5, 0.6) is 0 Å². The smallest absolute Gasteiger partial charge is 0.306 e. The van der Waals surface area contributed by atoms with Gasteiger partial charge in [-0.05, 0) is 89.9 Å². The van der Waals surface area contributed by atoms with Crippen molar-refractivity contribution in [3.63, 3.8) is 0 Å². The zero-order valence-corrected chi connectivity index (χ0v) is 45.8. The zero-order valence-electron chi connectivity index (χ0n) is 45.8. The van der Waals surface area contributed by atoms with Crippen LogP contribution in [-0.4, -0.2) is 37.2 Å². The molecule has 0 aliphatic heterocycles. The molecule has 0 aromatic carbocycles. The fourth-order valence-electron chi connectivity index (χ4n) is 8.48. The Bertz CT molecular complexity index is 1250. The molecule has 1 atom stereocenters.